The number of rotatable bonds is 6. The van der Waals surface area contributed by atoms with Crippen LogP contribution in [0, 0.1) is 0 Å². The van der Waals surface area contributed by atoms with E-state index < -0.39 is 9.02 Å². The molecule has 0 amide bonds. The van der Waals surface area contributed by atoms with Gasteiger partial charge in [0, 0.05) is 12.8 Å². The van der Waals surface area contributed by atoms with Crippen LogP contribution < -0.4 is 0 Å². The molecule has 2 rings (SSSR count). The van der Waals surface area contributed by atoms with Gasteiger partial charge in [-0.1, -0.05) is 92.5 Å². The van der Waals surface area contributed by atoms with Crippen molar-refractivity contribution in [1.82, 2.24) is 0 Å². The molecule has 2 unspecified atom stereocenters. The van der Waals surface area contributed by atoms with E-state index in [1.807, 2.05) is 12.1 Å². The smallest absolute Gasteiger partial charge is 0.126 e. The Labute approximate surface area is 144 Å². The minimum absolute atomic E-state index is 0.415. The van der Waals surface area contributed by atoms with Gasteiger partial charge in [0.05, 0.1) is 0 Å². The van der Waals surface area contributed by atoms with Crippen molar-refractivity contribution in [2.45, 2.75) is 35.7 Å². The molecule has 0 heterocycles. The maximum atomic E-state index is 6.27. The van der Waals surface area contributed by atoms with E-state index in [4.69, 9.17) is 4.74 Å². The summed E-state index contributed by atoms with van der Waals surface area (Å²) >= 11 is 7.43. The Kier molecular flexibility index (Phi) is 5.64. The van der Waals surface area contributed by atoms with Gasteiger partial charge in [-0.2, -0.15) is 0 Å². The monoisotopic (exact) mass is 410 g/mol. The molecular weight excluding hydrogens is 392 g/mol. The Hall–Kier alpha value is -0.640. The van der Waals surface area contributed by atoms with Crippen molar-refractivity contribution in [3.63, 3.8) is 0 Å². The average Bonchev–Trinajstić information content (AvgIpc) is 2.38. The third kappa shape index (κ3) is 5.93. The summed E-state index contributed by atoms with van der Waals surface area (Å²) in [6.07, 6.45) is 1.62. The molecule has 2 aromatic carbocycles. The molecule has 0 radical (unpaired) electrons. The van der Waals surface area contributed by atoms with Crippen LogP contribution in [0.5, 0.6) is 0 Å². The fourth-order valence-corrected chi connectivity index (χ4v) is 4.02. The number of alkyl halides is 2. The van der Waals surface area contributed by atoms with Gasteiger partial charge in [0.15, 0.2) is 0 Å². The highest BCUT2D eigenvalue weighted by atomic mass is 79.9. The van der Waals surface area contributed by atoms with Crippen molar-refractivity contribution >= 4 is 31.9 Å². The van der Waals surface area contributed by atoms with E-state index in [2.05, 4.69) is 94.2 Å². The first-order valence-electron chi connectivity index (χ1n) is 7.02. The van der Waals surface area contributed by atoms with E-state index in [0.717, 1.165) is 12.8 Å². The Morgan fingerprint density at radius 1 is 0.714 bits per heavy atom. The molecule has 0 N–H and O–H groups in total. The standard InChI is InChI=1S/C18H20Br2O/c1-17(19,13-15-9-5-3-6-10-15)21-18(2,20)14-16-11-7-4-8-12-16/h3-12H,13-14H2,1-2H3. The van der Waals surface area contributed by atoms with Crippen LogP contribution in [-0.4, -0.2) is 9.02 Å². The third-order valence-electron chi connectivity index (χ3n) is 3.15. The summed E-state index contributed by atoms with van der Waals surface area (Å²) in [6, 6.07) is 20.7. The van der Waals surface area contributed by atoms with Gasteiger partial charge in [0.2, 0.25) is 0 Å². The Balaban J connectivity index is 2.01. The highest BCUT2D eigenvalue weighted by molar-refractivity contribution is 9.10. The predicted molar refractivity (Wildman–Crippen MR) is 96.0 cm³/mol. The van der Waals surface area contributed by atoms with Crippen molar-refractivity contribution < 1.29 is 4.74 Å². The van der Waals surface area contributed by atoms with Crippen LogP contribution in [0.3, 0.4) is 0 Å². The van der Waals surface area contributed by atoms with Crippen LogP contribution in [0.25, 0.3) is 0 Å². The molecule has 3 heteroatoms. The zero-order valence-electron chi connectivity index (χ0n) is 12.4. The first-order chi connectivity index (χ1) is 9.86. The Bertz CT molecular complexity index is 498. The molecule has 1 nitrogen and oxygen atoms in total. The Morgan fingerprint density at radius 2 is 1.05 bits per heavy atom. The quantitative estimate of drug-likeness (QED) is 0.553. The molecule has 0 bridgehead atoms. The van der Waals surface area contributed by atoms with Crippen LogP contribution in [0.15, 0.2) is 60.7 Å². The molecule has 0 aliphatic carbocycles. The molecule has 112 valence electrons. The van der Waals surface area contributed by atoms with E-state index in [0.29, 0.717) is 0 Å². The van der Waals surface area contributed by atoms with Crippen LogP contribution in [-0.2, 0) is 17.6 Å². The van der Waals surface area contributed by atoms with Crippen molar-refractivity contribution in [2.75, 3.05) is 0 Å². The third-order valence-corrected chi connectivity index (χ3v) is 4.04. The SMILES string of the molecule is CC(Br)(Cc1ccccc1)OC(C)(Br)Cc1ccccc1. The van der Waals surface area contributed by atoms with E-state index in [9.17, 15) is 0 Å². The van der Waals surface area contributed by atoms with Crippen LogP contribution in [0.4, 0.5) is 0 Å². The second-order valence-electron chi connectivity index (χ2n) is 5.63. The summed E-state index contributed by atoms with van der Waals surface area (Å²) in [5.74, 6) is 0. The number of ether oxygens (including phenoxy) is 1. The van der Waals surface area contributed by atoms with Crippen LogP contribution in [0.2, 0.25) is 0 Å². The van der Waals surface area contributed by atoms with Crippen molar-refractivity contribution in [3.05, 3.63) is 71.8 Å². The molecule has 0 aliphatic heterocycles. The molecule has 2 atom stereocenters. The first kappa shape index (κ1) is 16.7. The lowest BCUT2D eigenvalue weighted by molar-refractivity contribution is -0.0268. The lowest BCUT2D eigenvalue weighted by Gasteiger charge is -2.33. The lowest BCUT2D eigenvalue weighted by Crippen LogP contribution is -2.35. The minimum Gasteiger partial charge on any atom is -0.346 e. The summed E-state index contributed by atoms with van der Waals surface area (Å²) in [5, 5.41) is 0. The highest BCUT2D eigenvalue weighted by Gasteiger charge is 2.32. The number of hydrogen-bond donors (Lipinski definition) is 0. The van der Waals surface area contributed by atoms with E-state index in [-0.39, 0.29) is 0 Å². The number of hydrogen-bond acceptors (Lipinski definition) is 1. The van der Waals surface area contributed by atoms with E-state index >= 15 is 0 Å². The number of benzene rings is 2. The van der Waals surface area contributed by atoms with Gasteiger partial charge in [0.25, 0.3) is 0 Å². The second-order valence-corrected chi connectivity index (χ2v) is 8.99. The van der Waals surface area contributed by atoms with E-state index in [1.54, 1.807) is 0 Å². The van der Waals surface area contributed by atoms with Crippen molar-refractivity contribution in [3.8, 4) is 0 Å². The molecule has 0 spiro atoms. The maximum absolute atomic E-state index is 6.27. The predicted octanol–water partition coefficient (Wildman–Crippen LogP) is 5.71. The van der Waals surface area contributed by atoms with Gasteiger partial charge in [-0.05, 0) is 25.0 Å². The molecule has 2 aromatic rings. The molecule has 0 saturated heterocycles. The summed E-state index contributed by atoms with van der Waals surface area (Å²) in [7, 11) is 0. The first-order valence-corrected chi connectivity index (χ1v) is 8.61. The van der Waals surface area contributed by atoms with Gasteiger partial charge >= 0.3 is 0 Å². The molecular formula is C18H20Br2O. The van der Waals surface area contributed by atoms with Gasteiger partial charge in [-0.3, -0.25) is 0 Å². The molecule has 0 aliphatic rings. The van der Waals surface area contributed by atoms with Gasteiger partial charge in [0.1, 0.15) is 9.02 Å². The normalized spacial score (nSPS) is 17.0. The summed E-state index contributed by atoms with van der Waals surface area (Å²) in [6.45, 7) is 4.12. The zero-order chi connectivity index (χ0) is 15.3. The number of halogens is 2. The lowest BCUT2D eigenvalue weighted by atomic mass is 10.1. The fourth-order valence-electron chi connectivity index (χ4n) is 2.44. The van der Waals surface area contributed by atoms with Crippen molar-refractivity contribution in [2.24, 2.45) is 0 Å². The molecule has 0 fully saturated rings. The van der Waals surface area contributed by atoms with Gasteiger partial charge < -0.3 is 4.74 Å². The summed E-state index contributed by atoms with van der Waals surface area (Å²) < 4.78 is 5.44. The fraction of sp³-hybridized carbons (Fsp3) is 0.333. The molecule has 0 saturated carbocycles. The topological polar surface area (TPSA) is 9.23 Å². The van der Waals surface area contributed by atoms with Crippen LogP contribution >= 0.6 is 31.9 Å². The maximum Gasteiger partial charge on any atom is 0.126 e. The van der Waals surface area contributed by atoms with Crippen molar-refractivity contribution in [1.29, 1.82) is 0 Å². The largest absolute Gasteiger partial charge is 0.346 e. The Morgan fingerprint density at radius 3 is 1.38 bits per heavy atom. The average molecular weight is 412 g/mol. The van der Waals surface area contributed by atoms with Gasteiger partial charge in [-0.25, -0.2) is 0 Å². The van der Waals surface area contributed by atoms with Crippen LogP contribution in [0.1, 0.15) is 25.0 Å². The summed E-state index contributed by atoms with van der Waals surface area (Å²) in [5.41, 5.74) is 2.50. The van der Waals surface area contributed by atoms with Gasteiger partial charge in [-0.15, -0.1) is 0 Å². The molecule has 0 aromatic heterocycles. The highest BCUT2D eigenvalue weighted by Crippen LogP contribution is 2.35. The zero-order valence-corrected chi connectivity index (χ0v) is 15.5. The van der Waals surface area contributed by atoms with E-state index in [1.165, 1.54) is 11.1 Å². The molecule has 21 heavy (non-hydrogen) atoms. The second kappa shape index (κ2) is 7.08. The summed E-state index contributed by atoms with van der Waals surface area (Å²) in [4.78, 5) is 0. The minimum atomic E-state index is -0.415.